The van der Waals surface area contributed by atoms with Gasteiger partial charge in [-0.25, -0.2) is 4.39 Å². The van der Waals surface area contributed by atoms with Gasteiger partial charge in [-0.2, -0.15) is 0 Å². The molecule has 0 amide bonds. The van der Waals surface area contributed by atoms with Gasteiger partial charge in [0, 0.05) is 16.6 Å². The van der Waals surface area contributed by atoms with Crippen molar-refractivity contribution in [2.75, 3.05) is 0 Å². The first-order valence-corrected chi connectivity index (χ1v) is 7.44. The Kier molecular flexibility index (Phi) is 4.94. The summed E-state index contributed by atoms with van der Waals surface area (Å²) in [5, 5.41) is 0.584. The fourth-order valence-electron chi connectivity index (χ4n) is 2.63. The number of pyridine rings is 1. The zero-order valence-electron chi connectivity index (χ0n) is 12.3. The third-order valence-corrected chi connectivity index (χ3v) is 3.81. The van der Waals surface area contributed by atoms with Gasteiger partial charge in [-0.1, -0.05) is 32.6 Å². The van der Waals surface area contributed by atoms with E-state index >= 15 is 0 Å². The van der Waals surface area contributed by atoms with Gasteiger partial charge in [-0.3, -0.25) is 4.79 Å². The number of nitrogens with one attached hydrogen (secondary N) is 1. The number of fused-ring (bicyclic) bond motifs is 1. The molecule has 1 heterocycles. The molecule has 0 saturated carbocycles. The molecule has 0 spiro atoms. The minimum atomic E-state index is -0.320. The Balaban J connectivity index is 2.21. The van der Waals surface area contributed by atoms with E-state index in [1.807, 2.05) is 6.92 Å². The second-order valence-corrected chi connectivity index (χ2v) is 5.41. The maximum Gasteiger partial charge on any atom is 0.192 e. The molecular formula is C17H22FNO. The second-order valence-electron chi connectivity index (χ2n) is 5.41. The van der Waals surface area contributed by atoms with Gasteiger partial charge < -0.3 is 4.98 Å². The number of hydrogen-bond donors (Lipinski definition) is 1. The van der Waals surface area contributed by atoms with E-state index in [0.29, 0.717) is 10.9 Å². The Bertz CT molecular complexity index is 645. The van der Waals surface area contributed by atoms with Gasteiger partial charge in [0.15, 0.2) is 5.43 Å². The van der Waals surface area contributed by atoms with Gasteiger partial charge in [0.05, 0.1) is 5.52 Å². The lowest BCUT2D eigenvalue weighted by Crippen LogP contribution is -2.13. The highest BCUT2D eigenvalue weighted by molar-refractivity contribution is 5.79. The zero-order chi connectivity index (χ0) is 14.5. The normalized spacial score (nSPS) is 11.2. The first kappa shape index (κ1) is 14.8. The smallest absolute Gasteiger partial charge is 0.192 e. The van der Waals surface area contributed by atoms with Gasteiger partial charge >= 0.3 is 0 Å². The topological polar surface area (TPSA) is 32.9 Å². The molecular weight excluding hydrogens is 253 g/mol. The Morgan fingerprint density at radius 2 is 1.90 bits per heavy atom. The van der Waals surface area contributed by atoms with Crippen molar-refractivity contribution in [3.8, 4) is 0 Å². The van der Waals surface area contributed by atoms with Crippen molar-refractivity contribution >= 4 is 10.9 Å². The summed E-state index contributed by atoms with van der Waals surface area (Å²) >= 11 is 0. The predicted molar refractivity (Wildman–Crippen MR) is 81.7 cm³/mol. The summed E-state index contributed by atoms with van der Waals surface area (Å²) in [7, 11) is 0. The molecule has 1 N–H and O–H groups in total. The molecule has 0 aliphatic rings. The largest absolute Gasteiger partial charge is 0.358 e. The number of halogens is 1. The van der Waals surface area contributed by atoms with Crippen LogP contribution in [0.4, 0.5) is 4.39 Å². The summed E-state index contributed by atoms with van der Waals surface area (Å²) in [5.74, 6) is -0.320. The summed E-state index contributed by atoms with van der Waals surface area (Å²) in [6, 6.07) is 4.30. The molecule has 0 unspecified atom stereocenters. The molecule has 0 radical (unpaired) electrons. The highest BCUT2D eigenvalue weighted by Gasteiger charge is 2.09. The minimum Gasteiger partial charge on any atom is -0.358 e. The number of hydrogen-bond acceptors (Lipinski definition) is 1. The lowest BCUT2D eigenvalue weighted by molar-refractivity contribution is 0.628. The molecule has 0 aliphatic carbocycles. The lowest BCUT2D eigenvalue weighted by atomic mass is 10.0. The summed E-state index contributed by atoms with van der Waals surface area (Å²) < 4.78 is 13.2. The van der Waals surface area contributed by atoms with Crippen molar-refractivity contribution < 1.29 is 4.39 Å². The van der Waals surface area contributed by atoms with Crippen LogP contribution in [0.3, 0.4) is 0 Å². The van der Waals surface area contributed by atoms with Crippen molar-refractivity contribution in [1.82, 2.24) is 4.98 Å². The lowest BCUT2D eigenvalue weighted by Gasteiger charge is -2.08. The van der Waals surface area contributed by atoms with E-state index in [0.717, 1.165) is 30.5 Å². The maximum absolute atomic E-state index is 13.2. The third-order valence-electron chi connectivity index (χ3n) is 3.81. The number of H-pyrrole nitrogens is 1. The van der Waals surface area contributed by atoms with E-state index in [9.17, 15) is 9.18 Å². The zero-order valence-corrected chi connectivity index (χ0v) is 12.3. The quantitative estimate of drug-likeness (QED) is 0.774. The summed E-state index contributed by atoms with van der Waals surface area (Å²) in [6.45, 7) is 4.09. The van der Waals surface area contributed by atoms with Crippen molar-refractivity contribution in [3.05, 3.63) is 45.5 Å². The molecule has 3 heteroatoms. The highest BCUT2D eigenvalue weighted by atomic mass is 19.1. The van der Waals surface area contributed by atoms with Crippen LogP contribution in [0.25, 0.3) is 10.9 Å². The van der Waals surface area contributed by atoms with Gasteiger partial charge in [0.1, 0.15) is 5.82 Å². The molecule has 0 bridgehead atoms. The van der Waals surface area contributed by atoms with E-state index in [4.69, 9.17) is 0 Å². The summed E-state index contributed by atoms with van der Waals surface area (Å²) in [4.78, 5) is 15.6. The minimum absolute atomic E-state index is 0.0479. The Hall–Kier alpha value is -1.64. The molecule has 108 valence electrons. The number of aromatic amines is 1. The van der Waals surface area contributed by atoms with E-state index in [1.54, 1.807) is 6.07 Å². The molecule has 2 nitrogen and oxygen atoms in total. The Morgan fingerprint density at radius 1 is 1.15 bits per heavy atom. The molecule has 1 aromatic heterocycles. The SMILES string of the molecule is CCCCCCCc1c(C)[nH]c2cc(F)ccc2c1=O. The van der Waals surface area contributed by atoms with E-state index in [-0.39, 0.29) is 11.2 Å². The van der Waals surface area contributed by atoms with Crippen molar-refractivity contribution in [2.24, 2.45) is 0 Å². The van der Waals surface area contributed by atoms with Crippen LogP contribution < -0.4 is 5.43 Å². The molecule has 2 aromatic rings. The standard InChI is InChI=1S/C17H22FNO/c1-3-4-5-6-7-8-14-12(2)19-16-11-13(18)9-10-15(16)17(14)20/h9-11H,3-8H2,1-2H3,(H,19,20). The highest BCUT2D eigenvalue weighted by Crippen LogP contribution is 2.15. The number of rotatable bonds is 6. The molecule has 0 fully saturated rings. The third kappa shape index (κ3) is 3.27. The van der Waals surface area contributed by atoms with Crippen LogP contribution >= 0.6 is 0 Å². The molecule has 2 rings (SSSR count). The predicted octanol–water partition coefficient (Wildman–Crippen LogP) is 4.49. The fourth-order valence-corrected chi connectivity index (χ4v) is 2.63. The van der Waals surface area contributed by atoms with Crippen molar-refractivity contribution in [1.29, 1.82) is 0 Å². The van der Waals surface area contributed by atoms with Crippen molar-refractivity contribution in [3.63, 3.8) is 0 Å². The van der Waals surface area contributed by atoms with Crippen LogP contribution in [-0.2, 0) is 6.42 Å². The number of aromatic nitrogens is 1. The monoisotopic (exact) mass is 275 g/mol. The van der Waals surface area contributed by atoms with Crippen LogP contribution in [0.2, 0.25) is 0 Å². The molecule has 0 saturated heterocycles. The number of benzene rings is 1. The van der Waals surface area contributed by atoms with Crippen molar-refractivity contribution in [2.45, 2.75) is 52.4 Å². The Labute approximate surface area is 119 Å². The van der Waals surface area contributed by atoms with Crippen LogP contribution in [0, 0.1) is 12.7 Å². The second kappa shape index (κ2) is 6.69. The summed E-state index contributed by atoms with van der Waals surface area (Å²) in [6.07, 6.45) is 6.71. The Morgan fingerprint density at radius 3 is 2.65 bits per heavy atom. The van der Waals surface area contributed by atoms with Crippen LogP contribution in [0.5, 0.6) is 0 Å². The van der Waals surface area contributed by atoms with Gasteiger partial charge in [0.2, 0.25) is 0 Å². The first-order chi connectivity index (χ1) is 9.63. The van der Waals surface area contributed by atoms with Crippen LogP contribution in [0.1, 0.15) is 50.3 Å². The maximum atomic E-state index is 13.2. The molecule has 20 heavy (non-hydrogen) atoms. The van der Waals surface area contributed by atoms with E-state index in [2.05, 4.69) is 11.9 Å². The van der Waals surface area contributed by atoms with E-state index in [1.165, 1.54) is 31.4 Å². The molecule has 1 aromatic carbocycles. The van der Waals surface area contributed by atoms with E-state index < -0.39 is 0 Å². The number of unbranched alkanes of at least 4 members (excludes halogenated alkanes) is 4. The first-order valence-electron chi connectivity index (χ1n) is 7.44. The number of aryl methyl sites for hydroxylation is 1. The average molecular weight is 275 g/mol. The van der Waals surface area contributed by atoms with Gasteiger partial charge in [0.25, 0.3) is 0 Å². The van der Waals surface area contributed by atoms with Crippen LogP contribution in [-0.4, -0.2) is 4.98 Å². The van der Waals surface area contributed by atoms with Gasteiger partial charge in [-0.05, 0) is 38.0 Å². The van der Waals surface area contributed by atoms with Crippen LogP contribution in [0.15, 0.2) is 23.0 Å². The average Bonchev–Trinajstić information content (AvgIpc) is 2.41. The molecule has 0 aliphatic heterocycles. The summed E-state index contributed by atoms with van der Waals surface area (Å²) in [5.41, 5.74) is 2.35. The molecule has 0 atom stereocenters. The van der Waals surface area contributed by atoms with Gasteiger partial charge in [-0.15, -0.1) is 0 Å². The fraction of sp³-hybridized carbons (Fsp3) is 0.471.